The van der Waals surface area contributed by atoms with Crippen LogP contribution in [0.3, 0.4) is 0 Å². The lowest BCUT2D eigenvalue weighted by Crippen LogP contribution is -2.17. The van der Waals surface area contributed by atoms with E-state index in [1.807, 2.05) is 20.8 Å². The van der Waals surface area contributed by atoms with Crippen molar-refractivity contribution in [1.82, 2.24) is 5.16 Å². The molecule has 0 fully saturated rings. The van der Waals surface area contributed by atoms with Gasteiger partial charge in [0.1, 0.15) is 6.61 Å². The Bertz CT molecular complexity index is 440. The number of alkyl halides is 1. The summed E-state index contributed by atoms with van der Waals surface area (Å²) in [5.74, 6) is 1.55. The van der Waals surface area contributed by atoms with Crippen molar-refractivity contribution < 1.29 is 14.0 Å². The Labute approximate surface area is 108 Å². The van der Waals surface area contributed by atoms with E-state index in [0.29, 0.717) is 36.1 Å². The number of aliphatic imine (C=N–C) groups is 1. The minimum atomic E-state index is -0.211. The van der Waals surface area contributed by atoms with E-state index in [9.17, 15) is 0 Å². The summed E-state index contributed by atoms with van der Waals surface area (Å²) in [4.78, 5) is 4.46. The molecule has 2 rings (SSSR count). The molecule has 0 radical (unpaired) electrons. The number of hydrogen-bond acceptors (Lipinski definition) is 5. The predicted molar refractivity (Wildman–Crippen MR) is 66.9 cm³/mol. The van der Waals surface area contributed by atoms with Crippen LogP contribution in [0, 0.1) is 0 Å². The van der Waals surface area contributed by atoms with Gasteiger partial charge in [-0.15, -0.1) is 0 Å². The van der Waals surface area contributed by atoms with E-state index in [2.05, 4.69) is 26.1 Å². The van der Waals surface area contributed by atoms with Crippen LogP contribution < -0.4 is 4.74 Å². The van der Waals surface area contributed by atoms with Crippen LogP contribution in [-0.4, -0.2) is 29.8 Å². The second-order valence-corrected chi connectivity index (χ2v) is 4.94. The molecule has 0 saturated heterocycles. The van der Waals surface area contributed by atoms with Gasteiger partial charge in [-0.3, -0.25) is 0 Å². The molecule has 94 valence electrons. The maximum Gasteiger partial charge on any atom is 0.259 e. The average molecular weight is 303 g/mol. The summed E-state index contributed by atoms with van der Waals surface area (Å²) < 4.78 is 16.2. The van der Waals surface area contributed by atoms with E-state index in [1.165, 1.54) is 0 Å². The lowest BCUT2D eigenvalue weighted by molar-refractivity contribution is 0.268. The zero-order valence-electron chi connectivity index (χ0n) is 10.1. The van der Waals surface area contributed by atoms with Gasteiger partial charge in [-0.05, 0) is 25.9 Å². The van der Waals surface area contributed by atoms with Crippen molar-refractivity contribution in [2.45, 2.75) is 31.6 Å². The van der Waals surface area contributed by atoms with Crippen LogP contribution in [0.25, 0.3) is 0 Å². The first-order chi connectivity index (χ1) is 8.07. The largest absolute Gasteiger partial charge is 0.476 e. The highest BCUT2D eigenvalue weighted by Crippen LogP contribution is 2.28. The molecule has 1 aliphatic rings. The molecule has 2 heterocycles. The Morgan fingerprint density at radius 3 is 2.76 bits per heavy atom. The molecule has 17 heavy (non-hydrogen) atoms. The van der Waals surface area contributed by atoms with Gasteiger partial charge in [-0.25, -0.2) is 4.99 Å². The van der Waals surface area contributed by atoms with Crippen molar-refractivity contribution in [2.75, 3.05) is 13.2 Å². The standard InChI is InChI=1S/C11H15BrN2O3/c1-4-15-9-7(5-12)8(17-14-9)10-13-11(2,3)6-16-10/h4-6H2,1-3H3. The van der Waals surface area contributed by atoms with Crippen LogP contribution in [-0.2, 0) is 10.1 Å². The smallest absolute Gasteiger partial charge is 0.259 e. The topological polar surface area (TPSA) is 56.9 Å². The molecule has 0 N–H and O–H groups in total. The molecule has 0 unspecified atom stereocenters. The van der Waals surface area contributed by atoms with Crippen molar-refractivity contribution in [3.63, 3.8) is 0 Å². The molecule has 0 aromatic carbocycles. The molecule has 1 aromatic heterocycles. The van der Waals surface area contributed by atoms with Crippen molar-refractivity contribution in [3.8, 4) is 5.88 Å². The van der Waals surface area contributed by atoms with Gasteiger partial charge >= 0.3 is 0 Å². The highest BCUT2D eigenvalue weighted by Gasteiger charge is 2.32. The number of aromatic nitrogens is 1. The molecule has 0 spiro atoms. The molecule has 6 heteroatoms. The number of rotatable bonds is 4. The fourth-order valence-corrected chi connectivity index (χ4v) is 2.03. The molecule has 5 nitrogen and oxygen atoms in total. The van der Waals surface area contributed by atoms with Crippen LogP contribution in [0.1, 0.15) is 32.1 Å². The first kappa shape index (κ1) is 12.4. The van der Waals surface area contributed by atoms with Gasteiger partial charge in [-0.1, -0.05) is 15.9 Å². The minimum absolute atomic E-state index is 0.211. The number of nitrogens with zero attached hydrogens (tertiary/aromatic N) is 2. The Morgan fingerprint density at radius 1 is 1.47 bits per heavy atom. The molecular formula is C11H15BrN2O3. The first-order valence-electron chi connectivity index (χ1n) is 5.47. The van der Waals surface area contributed by atoms with E-state index in [-0.39, 0.29) is 5.54 Å². The zero-order valence-corrected chi connectivity index (χ0v) is 11.7. The summed E-state index contributed by atoms with van der Waals surface area (Å²) >= 11 is 3.39. The molecule has 1 aliphatic heterocycles. The number of halogens is 1. The summed E-state index contributed by atoms with van der Waals surface area (Å²) in [5, 5.41) is 4.47. The third kappa shape index (κ3) is 2.46. The normalized spacial score (nSPS) is 17.8. The van der Waals surface area contributed by atoms with Crippen molar-refractivity contribution in [2.24, 2.45) is 4.99 Å². The summed E-state index contributed by atoms with van der Waals surface area (Å²) in [6, 6.07) is 0. The van der Waals surface area contributed by atoms with Crippen LogP contribution in [0.2, 0.25) is 0 Å². The summed E-state index contributed by atoms with van der Waals surface area (Å²) in [5.41, 5.74) is 0.626. The van der Waals surface area contributed by atoms with Gasteiger partial charge < -0.3 is 14.0 Å². The first-order valence-corrected chi connectivity index (χ1v) is 6.60. The van der Waals surface area contributed by atoms with Gasteiger partial charge in [0.25, 0.3) is 11.8 Å². The molecule has 0 aliphatic carbocycles. The highest BCUT2D eigenvalue weighted by molar-refractivity contribution is 9.08. The molecule has 0 saturated carbocycles. The van der Waals surface area contributed by atoms with Gasteiger partial charge in [0.15, 0.2) is 0 Å². The Balaban J connectivity index is 2.33. The third-order valence-corrected chi connectivity index (χ3v) is 2.89. The van der Waals surface area contributed by atoms with Crippen molar-refractivity contribution in [1.29, 1.82) is 0 Å². The molecular weight excluding hydrogens is 288 g/mol. The van der Waals surface area contributed by atoms with Gasteiger partial charge in [0, 0.05) is 5.33 Å². The summed E-state index contributed by atoms with van der Waals surface area (Å²) in [7, 11) is 0. The second kappa shape index (κ2) is 4.68. The number of ether oxygens (including phenoxy) is 2. The highest BCUT2D eigenvalue weighted by atomic mass is 79.9. The summed E-state index contributed by atoms with van der Waals surface area (Å²) in [6.07, 6.45) is 0. The Morgan fingerprint density at radius 2 is 2.24 bits per heavy atom. The third-order valence-electron chi connectivity index (χ3n) is 2.33. The lowest BCUT2D eigenvalue weighted by Gasteiger charge is -2.07. The maximum absolute atomic E-state index is 5.53. The van der Waals surface area contributed by atoms with Gasteiger partial charge in [-0.2, -0.15) is 0 Å². The van der Waals surface area contributed by atoms with E-state index >= 15 is 0 Å². The fourth-order valence-electron chi connectivity index (χ4n) is 1.53. The van der Waals surface area contributed by atoms with E-state index in [0.717, 1.165) is 5.56 Å². The van der Waals surface area contributed by atoms with E-state index in [4.69, 9.17) is 14.0 Å². The molecule has 1 aromatic rings. The van der Waals surface area contributed by atoms with Crippen LogP contribution in [0.15, 0.2) is 9.52 Å². The van der Waals surface area contributed by atoms with Crippen LogP contribution in [0.4, 0.5) is 0 Å². The van der Waals surface area contributed by atoms with Crippen molar-refractivity contribution >= 4 is 21.8 Å². The molecule has 0 amide bonds. The monoisotopic (exact) mass is 302 g/mol. The Hall–Kier alpha value is -1.04. The van der Waals surface area contributed by atoms with Gasteiger partial charge in [0.2, 0.25) is 5.76 Å². The van der Waals surface area contributed by atoms with Crippen LogP contribution in [0.5, 0.6) is 5.88 Å². The fraction of sp³-hybridized carbons (Fsp3) is 0.636. The Kier molecular flexibility index (Phi) is 3.42. The van der Waals surface area contributed by atoms with Crippen molar-refractivity contribution in [3.05, 3.63) is 11.3 Å². The van der Waals surface area contributed by atoms with E-state index in [1.54, 1.807) is 0 Å². The minimum Gasteiger partial charge on any atom is -0.476 e. The molecule has 0 atom stereocenters. The predicted octanol–water partition coefficient (Wildman–Crippen LogP) is 2.52. The van der Waals surface area contributed by atoms with E-state index < -0.39 is 0 Å². The van der Waals surface area contributed by atoms with Crippen LogP contribution >= 0.6 is 15.9 Å². The maximum atomic E-state index is 5.53. The summed E-state index contributed by atoms with van der Waals surface area (Å²) in [6.45, 7) is 7.01. The number of hydrogen-bond donors (Lipinski definition) is 0. The molecule has 0 bridgehead atoms. The second-order valence-electron chi connectivity index (χ2n) is 4.38. The zero-order chi connectivity index (χ0) is 12.5. The lowest BCUT2D eigenvalue weighted by atomic mass is 10.1. The quantitative estimate of drug-likeness (QED) is 0.802. The van der Waals surface area contributed by atoms with Gasteiger partial charge in [0.05, 0.1) is 17.7 Å². The SMILES string of the molecule is CCOc1noc(C2=NC(C)(C)CO2)c1CBr. The average Bonchev–Trinajstić information content (AvgIpc) is 2.82.